The number of rotatable bonds is 3. The predicted octanol–water partition coefficient (Wildman–Crippen LogP) is 3.16. The van der Waals surface area contributed by atoms with Crippen molar-refractivity contribution in [3.05, 3.63) is 22.2 Å². The molecular formula is C11H11BrO3. The van der Waals surface area contributed by atoms with Crippen molar-refractivity contribution in [3.8, 4) is 11.5 Å². The summed E-state index contributed by atoms with van der Waals surface area (Å²) in [5.41, 5.74) is 0.610. The average molecular weight is 271 g/mol. The molecule has 2 rings (SSSR count). The second-order valence-electron chi connectivity index (χ2n) is 3.36. The quantitative estimate of drug-likeness (QED) is 0.792. The zero-order valence-electron chi connectivity index (χ0n) is 8.38. The Morgan fingerprint density at radius 3 is 3.00 bits per heavy atom. The smallest absolute Gasteiger partial charge is 0.231 e. The fourth-order valence-electron chi connectivity index (χ4n) is 1.55. The molecule has 0 saturated carbocycles. The second kappa shape index (κ2) is 4.23. The van der Waals surface area contributed by atoms with Crippen LogP contribution < -0.4 is 9.47 Å². The predicted molar refractivity (Wildman–Crippen MR) is 59.5 cm³/mol. The van der Waals surface area contributed by atoms with Gasteiger partial charge < -0.3 is 9.47 Å². The topological polar surface area (TPSA) is 35.5 Å². The SMILES string of the molecule is CCCC(=O)c1cc(Br)cc2c1OCO2. The molecule has 0 fully saturated rings. The van der Waals surface area contributed by atoms with Crippen molar-refractivity contribution in [2.45, 2.75) is 19.8 Å². The van der Waals surface area contributed by atoms with E-state index in [0.29, 0.717) is 23.5 Å². The fourth-order valence-corrected chi connectivity index (χ4v) is 1.98. The third kappa shape index (κ3) is 2.00. The third-order valence-corrected chi connectivity index (χ3v) is 2.67. The minimum atomic E-state index is 0.0977. The van der Waals surface area contributed by atoms with E-state index >= 15 is 0 Å². The number of benzene rings is 1. The zero-order valence-corrected chi connectivity index (χ0v) is 9.96. The number of ketones is 1. The van der Waals surface area contributed by atoms with E-state index in [2.05, 4.69) is 15.9 Å². The van der Waals surface area contributed by atoms with Crippen LogP contribution in [0.15, 0.2) is 16.6 Å². The van der Waals surface area contributed by atoms with Crippen LogP contribution in [-0.4, -0.2) is 12.6 Å². The molecule has 4 heteroatoms. The minimum absolute atomic E-state index is 0.0977. The molecule has 0 saturated heterocycles. The van der Waals surface area contributed by atoms with Crippen molar-refractivity contribution in [1.29, 1.82) is 0 Å². The van der Waals surface area contributed by atoms with Crippen LogP contribution in [0, 0.1) is 0 Å². The van der Waals surface area contributed by atoms with E-state index in [1.165, 1.54) is 0 Å². The average Bonchev–Trinajstić information content (AvgIpc) is 2.64. The first-order valence-corrected chi connectivity index (χ1v) is 5.64. The molecule has 1 aromatic rings. The van der Waals surface area contributed by atoms with Crippen LogP contribution in [0.3, 0.4) is 0 Å². The molecule has 0 bridgehead atoms. The number of fused-ring (bicyclic) bond motifs is 1. The van der Waals surface area contributed by atoms with Crippen molar-refractivity contribution < 1.29 is 14.3 Å². The van der Waals surface area contributed by atoms with Crippen LogP contribution in [0.2, 0.25) is 0 Å². The number of carbonyl (C=O) groups excluding carboxylic acids is 1. The van der Waals surface area contributed by atoms with Crippen LogP contribution in [-0.2, 0) is 0 Å². The van der Waals surface area contributed by atoms with Gasteiger partial charge in [-0.3, -0.25) is 4.79 Å². The summed E-state index contributed by atoms with van der Waals surface area (Å²) in [6.45, 7) is 2.17. The van der Waals surface area contributed by atoms with Crippen LogP contribution in [0.4, 0.5) is 0 Å². The van der Waals surface area contributed by atoms with Crippen molar-refractivity contribution >= 4 is 21.7 Å². The van der Waals surface area contributed by atoms with E-state index in [-0.39, 0.29) is 12.6 Å². The molecule has 3 nitrogen and oxygen atoms in total. The van der Waals surface area contributed by atoms with Gasteiger partial charge in [0.15, 0.2) is 17.3 Å². The highest BCUT2D eigenvalue weighted by molar-refractivity contribution is 9.10. The minimum Gasteiger partial charge on any atom is -0.454 e. The highest BCUT2D eigenvalue weighted by Crippen LogP contribution is 2.38. The Balaban J connectivity index is 2.42. The van der Waals surface area contributed by atoms with E-state index in [1.807, 2.05) is 13.0 Å². The van der Waals surface area contributed by atoms with E-state index in [0.717, 1.165) is 10.9 Å². The largest absolute Gasteiger partial charge is 0.454 e. The van der Waals surface area contributed by atoms with Gasteiger partial charge in [-0.1, -0.05) is 22.9 Å². The van der Waals surface area contributed by atoms with Gasteiger partial charge in [0.2, 0.25) is 6.79 Å². The molecule has 0 atom stereocenters. The Morgan fingerprint density at radius 1 is 1.47 bits per heavy atom. The highest BCUT2D eigenvalue weighted by atomic mass is 79.9. The van der Waals surface area contributed by atoms with Gasteiger partial charge in [0.1, 0.15) is 0 Å². The number of ether oxygens (including phenoxy) is 2. The number of hydrogen-bond donors (Lipinski definition) is 0. The van der Waals surface area contributed by atoms with Crippen molar-refractivity contribution in [3.63, 3.8) is 0 Å². The van der Waals surface area contributed by atoms with E-state index in [9.17, 15) is 4.79 Å². The summed E-state index contributed by atoms with van der Waals surface area (Å²) in [7, 11) is 0. The normalized spacial score (nSPS) is 12.9. The summed E-state index contributed by atoms with van der Waals surface area (Å²) in [4.78, 5) is 11.8. The molecule has 1 aliphatic heterocycles. The fraction of sp³-hybridized carbons (Fsp3) is 0.364. The molecule has 15 heavy (non-hydrogen) atoms. The summed E-state index contributed by atoms with van der Waals surface area (Å²) in [6.07, 6.45) is 1.37. The lowest BCUT2D eigenvalue weighted by atomic mass is 10.1. The van der Waals surface area contributed by atoms with Gasteiger partial charge >= 0.3 is 0 Å². The van der Waals surface area contributed by atoms with Crippen LogP contribution in [0.25, 0.3) is 0 Å². The van der Waals surface area contributed by atoms with E-state index in [1.54, 1.807) is 6.07 Å². The summed E-state index contributed by atoms with van der Waals surface area (Å²) < 4.78 is 11.4. The third-order valence-electron chi connectivity index (χ3n) is 2.21. The molecule has 1 aliphatic rings. The molecule has 0 amide bonds. The van der Waals surface area contributed by atoms with Crippen LogP contribution >= 0.6 is 15.9 Å². The first-order chi connectivity index (χ1) is 7.22. The monoisotopic (exact) mass is 270 g/mol. The molecule has 0 aromatic heterocycles. The van der Waals surface area contributed by atoms with Gasteiger partial charge in [-0.15, -0.1) is 0 Å². The summed E-state index contributed by atoms with van der Waals surface area (Å²) in [6, 6.07) is 3.59. The standard InChI is InChI=1S/C11H11BrO3/c1-2-3-9(13)8-4-7(12)5-10-11(8)15-6-14-10/h4-5H,2-3,6H2,1H3. The maximum atomic E-state index is 11.8. The molecule has 80 valence electrons. The van der Waals surface area contributed by atoms with E-state index < -0.39 is 0 Å². The first-order valence-electron chi connectivity index (χ1n) is 4.84. The van der Waals surface area contributed by atoms with Gasteiger partial charge in [-0.05, 0) is 18.6 Å². The Bertz CT molecular complexity index is 401. The Morgan fingerprint density at radius 2 is 2.27 bits per heavy atom. The summed E-state index contributed by atoms with van der Waals surface area (Å²) in [5, 5.41) is 0. The van der Waals surface area contributed by atoms with Crippen LogP contribution in [0.5, 0.6) is 11.5 Å². The maximum Gasteiger partial charge on any atom is 0.231 e. The molecule has 1 aromatic carbocycles. The lowest BCUT2D eigenvalue weighted by molar-refractivity contribution is 0.0977. The van der Waals surface area contributed by atoms with Gasteiger partial charge in [0, 0.05) is 10.9 Å². The van der Waals surface area contributed by atoms with Gasteiger partial charge in [-0.25, -0.2) is 0 Å². The molecular weight excluding hydrogens is 260 g/mol. The van der Waals surface area contributed by atoms with E-state index in [4.69, 9.17) is 9.47 Å². The second-order valence-corrected chi connectivity index (χ2v) is 4.28. The number of hydrogen-bond acceptors (Lipinski definition) is 3. The molecule has 0 spiro atoms. The Kier molecular flexibility index (Phi) is 2.95. The molecule has 0 radical (unpaired) electrons. The number of halogens is 1. The van der Waals surface area contributed by atoms with Gasteiger partial charge in [0.05, 0.1) is 5.56 Å². The molecule has 0 N–H and O–H groups in total. The molecule has 1 heterocycles. The summed E-state index contributed by atoms with van der Waals surface area (Å²) in [5.74, 6) is 1.32. The highest BCUT2D eigenvalue weighted by Gasteiger charge is 2.22. The number of Topliss-reactive ketones (excluding diaryl/α,β-unsaturated/α-hetero) is 1. The summed E-state index contributed by atoms with van der Waals surface area (Å²) >= 11 is 3.35. The molecule has 0 aliphatic carbocycles. The van der Waals surface area contributed by atoms with Gasteiger partial charge in [0.25, 0.3) is 0 Å². The first kappa shape index (κ1) is 10.5. The van der Waals surface area contributed by atoms with Crippen molar-refractivity contribution in [1.82, 2.24) is 0 Å². The lowest BCUT2D eigenvalue weighted by Gasteiger charge is -2.04. The van der Waals surface area contributed by atoms with Crippen molar-refractivity contribution in [2.75, 3.05) is 6.79 Å². The molecule has 0 unspecified atom stereocenters. The number of carbonyl (C=O) groups is 1. The lowest BCUT2D eigenvalue weighted by Crippen LogP contribution is -2.01. The van der Waals surface area contributed by atoms with Crippen molar-refractivity contribution in [2.24, 2.45) is 0 Å². The zero-order chi connectivity index (χ0) is 10.8. The van der Waals surface area contributed by atoms with Gasteiger partial charge in [-0.2, -0.15) is 0 Å². The maximum absolute atomic E-state index is 11.8. The van der Waals surface area contributed by atoms with Crippen LogP contribution in [0.1, 0.15) is 30.1 Å². The Labute approximate surface area is 96.5 Å². The Hall–Kier alpha value is -1.03.